The highest BCUT2D eigenvalue weighted by molar-refractivity contribution is 6.07. The average Bonchev–Trinajstić information content (AvgIpc) is 3.31. The van der Waals surface area contributed by atoms with Gasteiger partial charge >= 0.3 is 5.76 Å². The summed E-state index contributed by atoms with van der Waals surface area (Å²) in [4.78, 5) is 17.2. The molecule has 7 nitrogen and oxygen atoms in total. The smallest absolute Gasteiger partial charge is 0.417 e. The van der Waals surface area contributed by atoms with Crippen molar-refractivity contribution in [1.29, 1.82) is 0 Å². The zero-order valence-corrected chi connectivity index (χ0v) is 16.1. The van der Waals surface area contributed by atoms with Crippen molar-refractivity contribution in [1.82, 2.24) is 15.3 Å². The molecule has 0 aliphatic rings. The number of rotatable bonds is 7. The molecule has 5 rings (SSSR count). The van der Waals surface area contributed by atoms with Crippen molar-refractivity contribution in [2.45, 2.75) is 6.10 Å². The van der Waals surface area contributed by atoms with Gasteiger partial charge in [0.25, 0.3) is 0 Å². The minimum absolute atomic E-state index is 0.373. The highest BCUT2D eigenvalue weighted by Crippen LogP contribution is 2.28. The van der Waals surface area contributed by atoms with E-state index in [1.54, 1.807) is 18.2 Å². The number of nitrogens with one attached hydrogen (secondary N) is 3. The first-order valence-corrected chi connectivity index (χ1v) is 9.82. The van der Waals surface area contributed by atoms with E-state index in [0.29, 0.717) is 36.4 Å². The van der Waals surface area contributed by atoms with Gasteiger partial charge in [0.1, 0.15) is 12.4 Å². The molecule has 0 radical (unpaired) electrons. The molecule has 7 heteroatoms. The number of aliphatic hydroxyl groups is 1. The molecular formula is C23H21N3O4. The number of para-hydroxylation sites is 1. The fourth-order valence-electron chi connectivity index (χ4n) is 3.70. The molecule has 0 saturated carbocycles. The Morgan fingerprint density at radius 2 is 1.83 bits per heavy atom. The van der Waals surface area contributed by atoms with Crippen LogP contribution in [-0.2, 0) is 0 Å². The number of ether oxygens (including phenoxy) is 1. The zero-order valence-electron chi connectivity index (χ0n) is 16.1. The predicted octanol–water partition coefficient (Wildman–Crippen LogP) is 3.46. The maximum Gasteiger partial charge on any atom is 0.417 e. The van der Waals surface area contributed by atoms with Crippen LogP contribution in [0.25, 0.3) is 32.9 Å². The third-order valence-corrected chi connectivity index (χ3v) is 5.19. The van der Waals surface area contributed by atoms with Gasteiger partial charge in [-0.05, 0) is 35.9 Å². The van der Waals surface area contributed by atoms with Crippen LogP contribution in [0.5, 0.6) is 5.75 Å². The van der Waals surface area contributed by atoms with E-state index < -0.39 is 11.9 Å². The molecule has 1 atom stereocenters. The number of aromatic amines is 2. The van der Waals surface area contributed by atoms with Gasteiger partial charge in [0.2, 0.25) is 0 Å². The summed E-state index contributed by atoms with van der Waals surface area (Å²) in [5, 5.41) is 15.9. The van der Waals surface area contributed by atoms with Gasteiger partial charge in [-0.2, -0.15) is 0 Å². The Balaban J connectivity index is 1.15. The van der Waals surface area contributed by atoms with Crippen LogP contribution in [0.15, 0.2) is 69.9 Å². The summed E-state index contributed by atoms with van der Waals surface area (Å²) >= 11 is 0. The van der Waals surface area contributed by atoms with Crippen molar-refractivity contribution in [3.63, 3.8) is 0 Å². The molecule has 4 N–H and O–H groups in total. The standard InChI is InChI=1S/C23H21N3O4/c27-21(14-5-8-22-20(11-14)26-23(28)30-22)13-24-9-10-29-15-6-7-17-16-3-1-2-4-18(16)25-19(17)12-15/h1-8,11-12,21,24-25,27H,9-10,13H2,(H,26,28)/t21-/m0/s1. The summed E-state index contributed by atoms with van der Waals surface area (Å²) in [6.07, 6.45) is -0.699. The van der Waals surface area contributed by atoms with Crippen LogP contribution in [0.3, 0.4) is 0 Å². The first-order valence-electron chi connectivity index (χ1n) is 9.82. The third-order valence-electron chi connectivity index (χ3n) is 5.19. The number of hydrogen-bond acceptors (Lipinski definition) is 5. The van der Waals surface area contributed by atoms with Gasteiger partial charge in [-0.1, -0.05) is 24.3 Å². The number of H-pyrrole nitrogens is 2. The summed E-state index contributed by atoms with van der Waals surface area (Å²) in [7, 11) is 0. The van der Waals surface area contributed by atoms with Crippen LogP contribution in [0.1, 0.15) is 11.7 Å². The zero-order chi connectivity index (χ0) is 20.5. The Kier molecular flexibility index (Phi) is 4.74. The molecular weight excluding hydrogens is 382 g/mol. The van der Waals surface area contributed by atoms with Crippen LogP contribution in [0, 0.1) is 0 Å². The number of fused-ring (bicyclic) bond motifs is 4. The summed E-state index contributed by atoms with van der Waals surface area (Å²) < 4.78 is 10.8. The Labute approximate surface area is 171 Å². The second-order valence-corrected chi connectivity index (χ2v) is 7.22. The van der Waals surface area contributed by atoms with E-state index in [1.807, 2.05) is 24.3 Å². The molecule has 5 aromatic rings. The predicted molar refractivity (Wildman–Crippen MR) is 116 cm³/mol. The molecule has 0 aliphatic heterocycles. The van der Waals surface area contributed by atoms with Gasteiger partial charge in [0.05, 0.1) is 17.1 Å². The molecule has 0 unspecified atom stereocenters. The Hall–Kier alpha value is -3.55. The van der Waals surface area contributed by atoms with Crippen molar-refractivity contribution in [3.8, 4) is 5.75 Å². The van der Waals surface area contributed by atoms with Gasteiger partial charge < -0.3 is 24.6 Å². The van der Waals surface area contributed by atoms with Crippen molar-refractivity contribution < 1.29 is 14.3 Å². The second-order valence-electron chi connectivity index (χ2n) is 7.22. The summed E-state index contributed by atoms with van der Waals surface area (Å²) in [5.41, 5.74) is 3.91. The van der Waals surface area contributed by atoms with Crippen molar-refractivity contribution in [3.05, 3.63) is 76.8 Å². The average molecular weight is 403 g/mol. The molecule has 0 aliphatic carbocycles. The lowest BCUT2D eigenvalue weighted by Gasteiger charge is -2.13. The molecule has 2 aromatic heterocycles. The Morgan fingerprint density at radius 3 is 2.77 bits per heavy atom. The van der Waals surface area contributed by atoms with Crippen molar-refractivity contribution in [2.75, 3.05) is 19.7 Å². The van der Waals surface area contributed by atoms with E-state index in [1.165, 1.54) is 10.8 Å². The topological polar surface area (TPSA) is 103 Å². The van der Waals surface area contributed by atoms with Crippen LogP contribution in [0.2, 0.25) is 0 Å². The first kappa shape index (κ1) is 18.5. The lowest BCUT2D eigenvalue weighted by Crippen LogP contribution is -2.26. The lowest BCUT2D eigenvalue weighted by atomic mass is 10.1. The number of hydrogen-bond donors (Lipinski definition) is 4. The van der Waals surface area contributed by atoms with Crippen LogP contribution < -0.4 is 15.8 Å². The van der Waals surface area contributed by atoms with Crippen LogP contribution in [0.4, 0.5) is 0 Å². The van der Waals surface area contributed by atoms with E-state index >= 15 is 0 Å². The van der Waals surface area contributed by atoms with Gasteiger partial charge in [0, 0.05) is 35.4 Å². The number of aliphatic hydroxyl groups excluding tert-OH is 1. The fourth-order valence-corrected chi connectivity index (χ4v) is 3.70. The molecule has 3 aromatic carbocycles. The summed E-state index contributed by atoms with van der Waals surface area (Å²) in [6.45, 7) is 1.44. The maximum atomic E-state index is 11.2. The molecule has 0 spiro atoms. The number of oxazole rings is 1. The summed E-state index contributed by atoms with van der Waals surface area (Å²) in [5.74, 6) is 0.295. The molecule has 152 valence electrons. The molecule has 2 heterocycles. The Morgan fingerprint density at radius 1 is 0.967 bits per heavy atom. The van der Waals surface area contributed by atoms with E-state index in [0.717, 1.165) is 16.8 Å². The first-order chi connectivity index (χ1) is 14.7. The van der Waals surface area contributed by atoms with Gasteiger partial charge in [-0.25, -0.2) is 4.79 Å². The molecule has 0 amide bonds. The van der Waals surface area contributed by atoms with Crippen LogP contribution in [-0.4, -0.2) is 34.8 Å². The van der Waals surface area contributed by atoms with Crippen molar-refractivity contribution in [2.24, 2.45) is 0 Å². The molecule has 30 heavy (non-hydrogen) atoms. The maximum absolute atomic E-state index is 11.2. The molecule has 0 fully saturated rings. The third kappa shape index (κ3) is 3.56. The van der Waals surface area contributed by atoms with Gasteiger partial charge in [-0.15, -0.1) is 0 Å². The normalized spacial score (nSPS) is 12.7. The molecule has 0 bridgehead atoms. The molecule has 0 saturated heterocycles. The number of benzene rings is 3. The minimum Gasteiger partial charge on any atom is -0.492 e. The highest BCUT2D eigenvalue weighted by Gasteiger charge is 2.10. The largest absolute Gasteiger partial charge is 0.492 e. The van der Waals surface area contributed by atoms with Crippen LogP contribution >= 0.6 is 0 Å². The summed E-state index contributed by atoms with van der Waals surface area (Å²) in [6, 6.07) is 19.4. The van der Waals surface area contributed by atoms with Gasteiger partial charge in [-0.3, -0.25) is 4.98 Å². The lowest BCUT2D eigenvalue weighted by molar-refractivity contribution is 0.172. The fraction of sp³-hybridized carbons (Fsp3) is 0.174. The van der Waals surface area contributed by atoms with Gasteiger partial charge in [0.15, 0.2) is 5.58 Å². The minimum atomic E-state index is -0.699. The SMILES string of the molecule is O=c1[nH]c2cc([C@@H](O)CNCCOc3ccc4c(c3)[nH]c3ccccc34)ccc2o1. The van der Waals surface area contributed by atoms with E-state index in [2.05, 4.69) is 33.5 Å². The van der Waals surface area contributed by atoms with E-state index in [-0.39, 0.29) is 0 Å². The Bertz CT molecular complexity index is 1380. The quantitative estimate of drug-likeness (QED) is 0.312. The van der Waals surface area contributed by atoms with E-state index in [9.17, 15) is 9.90 Å². The number of aromatic nitrogens is 2. The van der Waals surface area contributed by atoms with E-state index in [4.69, 9.17) is 9.15 Å². The monoisotopic (exact) mass is 403 g/mol. The van der Waals surface area contributed by atoms with Crippen molar-refractivity contribution >= 4 is 32.9 Å². The second kappa shape index (κ2) is 7.70. The highest BCUT2D eigenvalue weighted by atomic mass is 16.5.